The highest BCUT2D eigenvalue weighted by atomic mass is 32.2. The number of carbonyl (C=O) groups is 1. The summed E-state index contributed by atoms with van der Waals surface area (Å²) in [6.45, 7) is 4.94. The molecule has 128 valence electrons. The van der Waals surface area contributed by atoms with Gasteiger partial charge in [-0.05, 0) is 44.9 Å². The van der Waals surface area contributed by atoms with Gasteiger partial charge in [-0.15, -0.1) is 0 Å². The summed E-state index contributed by atoms with van der Waals surface area (Å²) in [7, 11) is -3.13. The van der Waals surface area contributed by atoms with Gasteiger partial charge in [0, 0.05) is 19.1 Å². The first-order chi connectivity index (χ1) is 10.7. The van der Waals surface area contributed by atoms with Crippen LogP contribution in [0.15, 0.2) is 4.52 Å². The molecular weight excluding hydrogens is 318 g/mol. The summed E-state index contributed by atoms with van der Waals surface area (Å²) in [4.78, 5) is 14.5. The Kier molecular flexibility index (Phi) is 4.00. The van der Waals surface area contributed by atoms with Crippen molar-refractivity contribution in [1.82, 2.24) is 14.8 Å². The number of rotatable bonds is 3. The van der Waals surface area contributed by atoms with Crippen LogP contribution in [-0.2, 0) is 10.0 Å². The number of hydrogen-bond acceptors (Lipinski definition) is 5. The molecule has 1 aromatic rings. The highest BCUT2D eigenvalue weighted by Crippen LogP contribution is 2.49. The molecule has 1 aliphatic carbocycles. The van der Waals surface area contributed by atoms with E-state index in [0.717, 1.165) is 25.7 Å². The van der Waals surface area contributed by atoms with Crippen LogP contribution >= 0.6 is 0 Å². The van der Waals surface area contributed by atoms with E-state index in [2.05, 4.69) is 9.88 Å². The number of piperidine rings is 1. The number of aryl methyl sites for hydroxylation is 2. The highest BCUT2D eigenvalue weighted by molar-refractivity contribution is 7.88. The fraction of sp³-hybridized carbons (Fsp3) is 0.733. The van der Waals surface area contributed by atoms with Crippen molar-refractivity contribution in [3.05, 3.63) is 17.0 Å². The smallest absolute Gasteiger partial charge is 0.259 e. The summed E-state index contributed by atoms with van der Waals surface area (Å²) in [6, 6.07) is 0.0508. The second kappa shape index (κ2) is 5.59. The predicted molar refractivity (Wildman–Crippen MR) is 84.5 cm³/mol. The molecule has 0 bridgehead atoms. The summed E-state index contributed by atoms with van der Waals surface area (Å²) < 4.78 is 30.3. The lowest BCUT2D eigenvalue weighted by atomic mass is 9.60. The molecule has 0 unspecified atom stereocenters. The van der Waals surface area contributed by atoms with Gasteiger partial charge in [-0.3, -0.25) is 4.79 Å². The van der Waals surface area contributed by atoms with Gasteiger partial charge < -0.3 is 9.42 Å². The fourth-order valence-electron chi connectivity index (χ4n) is 3.91. The third-order valence-electron chi connectivity index (χ3n) is 5.10. The minimum Gasteiger partial charge on any atom is -0.361 e. The minimum absolute atomic E-state index is 0.0127. The average molecular weight is 341 g/mol. The van der Waals surface area contributed by atoms with Crippen LogP contribution in [0.1, 0.15) is 47.5 Å². The topological polar surface area (TPSA) is 92.5 Å². The van der Waals surface area contributed by atoms with Crippen molar-refractivity contribution in [3.63, 3.8) is 0 Å². The lowest BCUT2D eigenvalue weighted by Gasteiger charge is -2.52. The number of nitrogens with zero attached hydrogens (tertiary/aromatic N) is 2. The van der Waals surface area contributed by atoms with Gasteiger partial charge in [0.15, 0.2) is 0 Å². The summed E-state index contributed by atoms with van der Waals surface area (Å²) in [5.74, 6) is 0.551. The first-order valence-electron chi connectivity index (χ1n) is 7.89. The van der Waals surface area contributed by atoms with Crippen molar-refractivity contribution in [3.8, 4) is 0 Å². The third kappa shape index (κ3) is 3.28. The van der Waals surface area contributed by atoms with Gasteiger partial charge in [0.2, 0.25) is 10.0 Å². The van der Waals surface area contributed by atoms with Crippen LogP contribution in [-0.4, -0.2) is 49.8 Å². The zero-order chi connectivity index (χ0) is 16.8. The van der Waals surface area contributed by atoms with Crippen molar-refractivity contribution in [1.29, 1.82) is 0 Å². The van der Waals surface area contributed by atoms with Crippen molar-refractivity contribution in [2.75, 3.05) is 19.3 Å². The first-order valence-corrected chi connectivity index (χ1v) is 9.78. The number of hydrogen-bond donors (Lipinski definition) is 1. The Labute approximate surface area is 136 Å². The van der Waals surface area contributed by atoms with Gasteiger partial charge in [-0.1, -0.05) is 5.16 Å². The number of nitrogens with one attached hydrogen (secondary N) is 1. The second-order valence-electron chi connectivity index (χ2n) is 6.99. The van der Waals surface area contributed by atoms with Crippen molar-refractivity contribution >= 4 is 15.9 Å². The van der Waals surface area contributed by atoms with Crippen LogP contribution in [0.2, 0.25) is 0 Å². The van der Waals surface area contributed by atoms with Crippen molar-refractivity contribution in [2.45, 2.75) is 45.6 Å². The summed E-state index contributed by atoms with van der Waals surface area (Å²) in [6.07, 6.45) is 4.78. The quantitative estimate of drug-likeness (QED) is 0.892. The van der Waals surface area contributed by atoms with Crippen LogP contribution in [0.3, 0.4) is 0 Å². The Morgan fingerprint density at radius 1 is 1.30 bits per heavy atom. The molecular formula is C15H23N3O4S. The molecule has 0 atom stereocenters. The Bertz CT molecular complexity index is 690. The Hall–Kier alpha value is -1.41. The van der Waals surface area contributed by atoms with Gasteiger partial charge in [0.05, 0.1) is 11.9 Å². The summed E-state index contributed by atoms with van der Waals surface area (Å²) in [5, 5.41) is 3.84. The Balaban J connectivity index is 1.57. The largest absolute Gasteiger partial charge is 0.361 e. The van der Waals surface area contributed by atoms with Gasteiger partial charge in [-0.2, -0.15) is 0 Å². The molecule has 1 saturated carbocycles. The SMILES string of the molecule is Cc1noc(C)c1C(=O)N1CCC2(CC1)CC(NS(C)(=O)=O)C2. The number of aromatic nitrogens is 1. The Morgan fingerprint density at radius 3 is 2.39 bits per heavy atom. The number of sulfonamides is 1. The van der Waals surface area contributed by atoms with Crippen LogP contribution in [0.4, 0.5) is 0 Å². The highest BCUT2D eigenvalue weighted by Gasteiger charge is 2.47. The monoisotopic (exact) mass is 341 g/mol. The molecule has 1 spiro atoms. The zero-order valence-corrected chi connectivity index (χ0v) is 14.6. The van der Waals surface area contributed by atoms with E-state index in [1.807, 2.05) is 4.90 Å². The molecule has 0 radical (unpaired) electrons. The van der Waals surface area contributed by atoms with Crippen LogP contribution < -0.4 is 4.72 Å². The van der Waals surface area contributed by atoms with Crippen LogP contribution in [0, 0.1) is 19.3 Å². The molecule has 8 heteroatoms. The van der Waals surface area contributed by atoms with E-state index in [0.29, 0.717) is 30.1 Å². The van der Waals surface area contributed by atoms with E-state index >= 15 is 0 Å². The van der Waals surface area contributed by atoms with E-state index in [4.69, 9.17) is 4.52 Å². The molecule has 2 aliphatic rings. The molecule has 2 heterocycles. The number of likely N-dealkylation sites (tertiary alicyclic amines) is 1. The van der Waals surface area contributed by atoms with Crippen LogP contribution in [0.5, 0.6) is 0 Å². The van der Waals surface area contributed by atoms with E-state index in [1.165, 1.54) is 6.26 Å². The van der Waals surface area contributed by atoms with Crippen LogP contribution in [0.25, 0.3) is 0 Å². The molecule has 0 aromatic carbocycles. The normalized spacial score (nSPS) is 21.4. The van der Waals surface area contributed by atoms with Gasteiger partial charge in [0.25, 0.3) is 5.91 Å². The predicted octanol–water partition coefficient (Wildman–Crippen LogP) is 1.23. The standard InChI is InChI=1S/C15H23N3O4S/c1-10-13(11(2)22-16-10)14(19)18-6-4-15(5-7-18)8-12(9-15)17-23(3,20)21/h12,17H,4-9H2,1-3H3. The maximum Gasteiger partial charge on any atom is 0.259 e. The van der Waals surface area contributed by atoms with Gasteiger partial charge >= 0.3 is 0 Å². The third-order valence-corrected chi connectivity index (χ3v) is 5.86. The van der Waals surface area contributed by atoms with E-state index < -0.39 is 10.0 Å². The lowest BCUT2D eigenvalue weighted by Crippen LogP contribution is -2.55. The minimum atomic E-state index is -3.13. The maximum absolute atomic E-state index is 12.6. The first kappa shape index (κ1) is 16.4. The number of amides is 1. The van der Waals surface area contributed by atoms with E-state index in [9.17, 15) is 13.2 Å². The fourth-order valence-corrected chi connectivity index (χ4v) is 4.68. The van der Waals surface area contributed by atoms with Gasteiger partial charge in [-0.25, -0.2) is 13.1 Å². The second-order valence-corrected chi connectivity index (χ2v) is 8.77. The molecule has 3 rings (SSSR count). The molecule has 1 saturated heterocycles. The molecule has 23 heavy (non-hydrogen) atoms. The number of carbonyl (C=O) groups excluding carboxylic acids is 1. The molecule has 1 N–H and O–H groups in total. The maximum atomic E-state index is 12.6. The molecule has 1 amide bonds. The molecule has 1 aromatic heterocycles. The Morgan fingerprint density at radius 2 is 1.91 bits per heavy atom. The molecule has 1 aliphatic heterocycles. The van der Waals surface area contributed by atoms with Crippen molar-refractivity contribution < 1.29 is 17.7 Å². The van der Waals surface area contributed by atoms with E-state index in [1.54, 1.807) is 13.8 Å². The summed E-state index contributed by atoms with van der Waals surface area (Å²) >= 11 is 0. The lowest BCUT2D eigenvalue weighted by molar-refractivity contribution is 0.0137. The van der Waals surface area contributed by atoms with E-state index in [-0.39, 0.29) is 17.4 Å². The molecule has 2 fully saturated rings. The summed E-state index contributed by atoms with van der Waals surface area (Å²) in [5.41, 5.74) is 1.40. The van der Waals surface area contributed by atoms with Gasteiger partial charge in [0.1, 0.15) is 11.3 Å². The zero-order valence-electron chi connectivity index (χ0n) is 13.8. The van der Waals surface area contributed by atoms with Crippen molar-refractivity contribution in [2.24, 2.45) is 5.41 Å². The average Bonchev–Trinajstić information content (AvgIpc) is 2.75. The molecule has 7 nitrogen and oxygen atoms in total.